The normalized spacial score (nSPS) is 31.4. The first-order chi connectivity index (χ1) is 18.2. The smallest absolute Gasteiger partial charge is 0.248 e. The Morgan fingerprint density at radius 3 is 2.47 bits per heavy atom. The summed E-state index contributed by atoms with van der Waals surface area (Å²) in [5, 5.41) is 10.4. The van der Waals surface area contributed by atoms with Crippen molar-refractivity contribution < 1.29 is 29.0 Å². The highest BCUT2D eigenvalue weighted by molar-refractivity contribution is 5.99. The van der Waals surface area contributed by atoms with Crippen molar-refractivity contribution in [3.05, 3.63) is 25.3 Å². The summed E-state index contributed by atoms with van der Waals surface area (Å²) < 4.78 is 12.0. The van der Waals surface area contributed by atoms with Gasteiger partial charge in [0.05, 0.1) is 43.8 Å². The molecule has 0 aromatic carbocycles. The second kappa shape index (κ2) is 11.9. The van der Waals surface area contributed by atoms with Crippen molar-refractivity contribution in [2.75, 3.05) is 66.1 Å². The van der Waals surface area contributed by atoms with Gasteiger partial charge in [0.25, 0.3) is 0 Å². The van der Waals surface area contributed by atoms with Crippen LogP contribution in [0.3, 0.4) is 0 Å². The van der Waals surface area contributed by atoms with Crippen LogP contribution in [-0.4, -0.2) is 132 Å². The van der Waals surface area contributed by atoms with Crippen molar-refractivity contribution in [2.24, 2.45) is 17.8 Å². The molecule has 2 unspecified atom stereocenters. The highest BCUT2D eigenvalue weighted by Gasteiger charge is 2.75. The zero-order valence-electron chi connectivity index (χ0n) is 23.1. The Labute approximate surface area is 226 Å². The van der Waals surface area contributed by atoms with E-state index in [1.807, 2.05) is 13.8 Å². The number of hydrogen-bond donors (Lipinski definition) is 1. The molecule has 4 rings (SSSR count). The Morgan fingerprint density at radius 2 is 1.87 bits per heavy atom. The van der Waals surface area contributed by atoms with Crippen molar-refractivity contribution in [2.45, 2.75) is 50.5 Å². The molecule has 4 heterocycles. The van der Waals surface area contributed by atoms with Crippen LogP contribution in [0.25, 0.3) is 0 Å². The van der Waals surface area contributed by atoms with Gasteiger partial charge in [0.1, 0.15) is 11.6 Å². The zero-order valence-corrected chi connectivity index (χ0v) is 23.1. The molecular formula is C28H44N4O6. The number of nitrogens with zero attached hydrogens (tertiary/aromatic N) is 4. The fourth-order valence-electron chi connectivity index (χ4n) is 6.87. The highest BCUT2D eigenvalue weighted by Crippen LogP contribution is 2.59. The van der Waals surface area contributed by atoms with E-state index in [1.54, 1.807) is 33.9 Å². The van der Waals surface area contributed by atoms with Gasteiger partial charge in [-0.3, -0.25) is 19.3 Å². The third kappa shape index (κ3) is 4.92. The predicted molar refractivity (Wildman–Crippen MR) is 142 cm³/mol. The molecule has 0 saturated carbocycles. The van der Waals surface area contributed by atoms with Crippen LogP contribution in [0.2, 0.25) is 0 Å². The Kier molecular flexibility index (Phi) is 8.96. The Balaban J connectivity index is 1.69. The first kappa shape index (κ1) is 28.7. The molecule has 6 atom stereocenters. The summed E-state index contributed by atoms with van der Waals surface area (Å²) in [6, 6.07) is -1.47. The largest absolute Gasteiger partial charge is 0.394 e. The van der Waals surface area contributed by atoms with Gasteiger partial charge in [0, 0.05) is 46.3 Å². The number of fused-ring (bicyclic) bond motifs is 1. The van der Waals surface area contributed by atoms with E-state index < -0.39 is 35.6 Å². The number of carbonyl (C=O) groups is 3. The quantitative estimate of drug-likeness (QED) is 0.362. The summed E-state index contributed by atoms with van der Waals surface area (Å²) in [4.78, 5) is 49.3. The van der Waals surface area contributed by atoms with E-state index in [0.717, 1.165) is 13.1 Å². The second-order valence-electron chi connectivity index (χ2n) is 11.3. The number of amides is 3. The number of hydrogen-bond acceptors (Lipinski definition) is 7. The van der Waals surface area contributed by atoms with Crippen LogP contribution in [0, 0.1) is 17.8 Å². The van der Waals surface area contributed by atoms with Crippen LogP contribution in [0.15, 0.2) is 25.3 Å². The maximum Gasteiger partial charge on any atom is 0.248 e. The molecular weight excluding hydrogens is 488 g/mol. The third-order valence-corrected chi connectivity index (χ3v) is 8.80. The van der Waals surface area contributed by atoms with Crippen molar-refractivity contribution in [1.29, 1.82) is 0 Å². The molecule has 0 aromatic rings. The second-order valence-corrected chi connectivity index (χ2v) is 11.3. The molecule has 0 aromatic heterocycles. The first-order valence-corrected chi connectivity index (χ1v) is 13.9. The summed E-state index contributed by atoms with van der Waals surface area (Å²) in [5.74, 6) is -2.15. The minimum Gasteiger partial charge on any atom is -0.394 e. The summed E-state index contributed by atoms with van der Waals surface area (Å²) in [7, 11) is 1.70. The predicted octanol–water partition coefficient (Wildman–Crippen LogP) is 0.369. The lowest BCUT2D eigenvalue weighted by atomic mass is 9.70. The average molecular weight is 533 g/mol. The number of aliphatic hydroxyl groups is 1. The van der Waals surface area contributed by atoms with Crippen LogP contribution in [0.1, 0.15) is 26.7 Å². The van der Waals surface area contributed by atoms with Crippen molar-refractivity contribution in [3.8, 4) is 0 Å². The average Bonchev–Trinajstić information content (AvgIpc) is 3.54. The van der Waals surface area contributed by atoms with Gasteiger partial charge in [0.2, 0.25) is 17.7 Å². The number of aliphatic hydroxyl groups excluding tert-OH is 1. The maximum atomic E-state index is 14.4. The minimum absolute atomic E-state index is 0.0922. The van der Waals surface area contributed by atoms with Crippen LogP contribution in [0.4, 0.5) is 0 Å². The number of rotatable bonds is 12. The first-order valence-electron chi connectivity index (χ1n) is 13.9. The van der Waals surface area contributed by atoms with E-state index in [-0.39, 0.29) is 30.2 Å². The number of likely N-dealkylation sites (tertiary alicyclic amines) is 1. The molecule has 4 aliphatic heterocycles. The van der Waals surface area contributed by atoms with Gasteiger partial charge in [-0.1, -0.05) is 26.0 Å². The Morgan fingerprint density at radius 1 is 1.18 bits per heavy atom. The Hall–Kier alpha value is -2.27. The fourth-order valence-corrected chi connectivity index (χ4v) is 6.87. The topological polar surface area (TPSA) is 103 Å². The molecule has 3 amide bonds. The molecule has 1 N–H and O–H groups in total. The number of ether oxygens (including phenoxy) is 2. The standard InChI is InChI=1S/C28H44N4O6/c1-6-10-29(5)25(34)22-21-8-9-28(38-21)23(22)26(35)32(20(18-33)19(3)4)24(28)27(36)31(11-7-2)13-12-30-14-16-37-17-15-30/h6-7,19-24,33H,1-2,8-18H2,3-5H3/t20-,21+,22-,23-,24?,28?/m0/s1. The monoisotopic (exact) mass is 532 g/mol. The molecule has 1 spiro atoms. The van der Waals surface area contributed by atoms with E-state index in [0.29, 0.717) is 52.2 Å². The molecule has 0 aliphatic carbocycles. The maximum absolute atomic E-state index is 14.4. The molecule has 2 bridgehead atoms. The molecule has 38 heavy (non-hydrogen) atoms. The lowest BCUT2D eigenvalue weighted by molar-refractivity contribution is -0.152. The molecule has 212 valence electrons. The van der Waals surface area contributed by atoms with Gasteiger partial charge in [-0.05, 0) is 18.8 Å². The molecule has 0 radical (unpaired) electrons. The van der Waals surface area contributed by atoms with Crippen LogP contribution in [-0.2, 0) is 23.9 Å². The van der Waals surface area contributed by atoms with Crippen molar-refractivity contribution in [3.63, 3.8) is 0 Å². The molecule has 4 fully saturated rings. The molecule has 4 saturated heterocycles. The SMILES string of the molecule is C=CCN(C)C(=O)[C@@H]1[C@H]2C(=O)N([C@@H](CO)C(C)C)C(C(=O)N(CC=C)CCN3CCOCC3)C23CC[C@H]1O3. The molecule has 4 aliphatic rings. The van der Waals surface area contributed by atoms with Crippen molar-refractivity contribution >= 4 is 17.7 Å². The van der Waals surface area contributed by atoms with E-state index in [1.165, 1.54) is 0 Å². The van der Waals surface area contributed by atoms with E-state index in [9.17, 15) is 19.5 Å². The van der Waals surface area contributed by atoms with Gasteiger partial charge < -0.3 is 29.3 Å². The number of carbonyl (C=O) groups excluding carboxylic acids is 3. The minimum atomic E-state index is -1.09. The van der Waals surface area contributed by atoms with Gasteiger partial charge in [-0.15, -0.1) is 13.2 Å². The van der Waals surface area contributed by atoms with Gasteiger partial charge in [0.15, 0.2) is 0 Å². The summed E-state index contributed by atoms with van der Waals surface area (Å²) in [5.41, 5.74) is -1.09. The van der Waals surface area contributed by atoms with Crippen LogP contribution < -0.4 is 0 Å². The fraction of sp³-hybridized carbons (Fsp3) is 0.750. The third-order valence-electron chi connectivity index (χ3n) is 8.80. The zero-order chi connectivity index (χ0) is 27.6. The number of morpholine rings is 1. The number of likely N-dealkylation sites (N-methyl/N-ethyl adjacent to an activating group) is 1. The highest BCUT2D eigenvalue weighted by atomic mass is 16.5. The van der Waals surface area contributed by atoms with Gasteiger partial charge in [-0.2, -0.15) is 0 Å². The summed E-state index contributed by atoms with van der Waals surface area (Å²) in [6.07, 6.45) is 4.08. The van der Waals surface area contributed by atoms with Gasteiger partial charge in [-0.25, -0.2) is 0 Å². The van der Waals surface area contributed by atoms with Crippen LogP contribution >= 0.6 is 0 Å². The van der Waals surface area contributed by atoms with E-state index >= 15 is 0 Å². The summed E-state index contributed by atoms with van der Waals surface area (Å²) >= 11 is 0. The lowest BCUT2D eigenvalue weighted by Crippen LogP contribution is -2.60. The van der Waals surface area contributed by atoms with Gasteiger partial charge >= 0.3 is 0 Å². The van der Waals surface area contributed by atoms with E-state index in [4.69, 9.17) is 9.47 Å². The molecule has 10 nitrogen and oxygen atoms in total. The van der Waals surface area contributed by atoms with Crippen LogP contribution in [0.5, 0.6) is 0 Å². The van der Waals surface area contributed by atoms with Crippen molar-refractivity contribution in [1.82, 2.24) is 19.6 Å². The molecule has 10 heteroatoms. The summed E-state index contributed by atoms with van der Waals surface area (Å²) in [6.45, 7) is 16.0. The Bertz CT molecular complexity index is 921. The lowest BCUT2D eigenvalue weighted by Gasteiger charge is -2.40. The van der Waals surface area contributed by atoms with E-state index in [2.05, 4.69) is 18.1 Å².